The van der Waals surface area contributed by atoms with Gasteiger partial charge in [0.05, 0.1) is 23.7 Å². The van der Waals surface area contributed by atoms with Gasteiger partial charge in [-0.05, 0) is 31.6 Å². The molecule has 10 nitrogen and oxygen atoms in total. The second kappa shape index (κ2) is 14.1. The molecule has 0 aliphatic carbocycles. The number of aromatic nitrogens is 3. The van der Waals surface area contributed by atoms with Crippen LogP contribution in [0.4, 0.5) is 11.4 Å². The van der Waals surface area contributed by atoms with Gasteiger partial charge in [0.1, 0.15) is 11.5 Å². The molecule has 0 bridgehead atoms. The summed E-state index contributed by atoms with van der Waals surface area (Å²) in [6, 6.07) is 3.17. The zero-order valence-corrected chi connectivity index (χ0v) is 22.3. The first kappa shape index (κ1) is 29.4. The molecule has 0 aliphatic rings. The van der Waals surface area contributed by atoms with Gasteiger partial charge in [-0.3, -0.25) is 14.6 Å². The second-order valence-electron chi connectivity index (χ2n) is 9.57. The Morgan fingerprint density at radius 2 is 1.95 bits per heavy atom. The minimum Gasteiger partial charge on any atom is -0.392 e. The van der Waals surface area contributed by atoms with Crippen LogP contribution in [0.1, 0.15) is 80.7 Å². The molecule has 10 heteroatoms. The Labute approximate surface area is 218 Å². The van der Waals surface area contributed by atoms with Crippen LogP contribution in [0.15, 0.2) is 47.2 Å². The Bertz CT molecular complexity index is 1150. The van der Waals surface area contributed by atoms with Gasteiger partial charge in [0.25, 0.3) is 11.8 Å². The van der Waals surface area contributed by atoms with E-state index in [0.717, 1.165) is 19.3 Å². The van der Waals surface area contributed by atoms with Crippen molar-refractivity contribution in [2.24, 2.45) is 9.98 Å². The van der Waals surface area contributed by atoms with Crippen molar-refractivity contribution in [2.45, 2.75) is 65.4 Å². The van der Waals surface area contributed by atoms with Gasteiger partial charge in [-0.25, -0.2) is 19.9 Å². The van der Waals surface area contributed by atoms with Crippen molar-refractivity contribution < 1.29 is 14.7 Å². The molecule has 1 atom stereocenters. The first-order valence-corrected chi connectivity index (χ1v) is 12.4. The normalized spacial score (nSPS) is 12.9. The lowest BCUT2D eigenvalue weighted by atomic mass is 9.95. The Hall–Kier alpha value is -3.79. The van der Waals surface area contributed by atoms with Gasteiger partial charge in [0, 0.05) is 30.9 Å². The van der Waals surface area contributed by atoms with Gasteiger partial charge in [-0.2, -0.15) is 0 Å². The van der Waals surface area contributed by atoms with Crippen LogP contribution < -0.4 is 10.6 Å². The van der Waals surface area contributed by atoms with Crippen molar-refractivity contribution >= 4 is 35.1 Å². The molecule has 0 aromatic carbocycles. The minimum absolute atomic E-state index is 0.0117. The zero-order chi connectivity index (χ0) is 27.4. The van der Waals surface area contributed by atoms with Crippen molar-refractivity contribution in [3.8, 4) is 0 Å². The average molecular weight is 508 g/mol. The van der Waals surface area contributed by atoms with Gasteiger partial charge in [-0.15, -0.1) is 0 Å². The quantitative estimate of drug-likeness (QED) is 0.292. The van der Waals surface area contributed by atoms with Crippen LogP contribution in [0.2, 0.25) is 0 Å². The third-order valence-corrected chi connectivity index (χ3v) is 5.06. The molecular weight excluding hydrogens is 470 g/mol. The summed E-state index contributed by atoms with van der Waals surface area (Å²) in [6.45, 7) is 14.0. The third kappa shape index (κ3) is 9.30. The molecule has 0 aliphatic heterocycles. The standard InChI is InChI=1S/C27H37N7O3/c1-7-9-10-13-28-16-19(8-2)32-21-17-31-26(27(4,5)6)34-23(21)25(37)33-20-12-11-14-29-22(20)24(36)30-15-18(3)35/h8,11-12,14,16-18,35H,2,7,9-10,13,15H2,1,3-6H3,(H,30,36)(H,33,37). The van der Waals surface area contributed by atoms with E-state index in [0.29, 0.717) is 18.1 Å². The predicted molar refractivity (Wildman–Crippen MR) is 147 cm³/mol. The fourth-order valence-electron chi connectivity index (χ4n) is 3.06. The Kier molecular flexibility index (Phi) is 11.2. The summed E-state index contributed by atoms with van der Waals surface area (Å²) in [5, 5.41) is 14.8. The number of aliphatic hydroxyl groups excluding tert-OH is 1. The molecule has 0 saturated carbocycles. The highest BCUT2D eigenvalue weighted by Gasteiger charge is 2.24. The highest BCUT2D eigenvalue weighted by Crippen LogP contribution is 2.24. The number of unbranched alkanes of at least 4 members (excludes halogenated alkanes) is 2. The molecule has 2 rings (SSSR count). The molecule has 2 aromatic rings. The molecule has 1 unspecified atom stereocenters. The number of carbonyl (C=O) groups is 2. The SMILES string of the molecule is C=CC(C=NCCCCC)=Nc1cnc(C(C)(C)C)nc1C(=O)Nc1cccnc1C(=O)NCC(C)O. The van der Waals surface area contributed by atoms with Crippen molar-refractivity contribution in [3.05, 3.63) is 54.4 Å². The van der Waals surface area contributed by atoms with E-state index in [9.17, 15) is 14.7 Å². The molecule has 0 radical (unpaired) electrons. The van der Waals surface area contributed by atoms with E-state index < -0.39 is 23.3 Å². The maximum Gasteiger partial charge on any atom is 0.276 e. The molecule has 2 heterocycles. The average Bonchev–Trinajstić information content (AvgIpc) is 2.86. The summed E-state index contributed by atoms with van der Waals surface area (Å²) in [4.78, 5) is 48.0. The minimum atomic E-state index is -0.725. The smallest absolute Gasteiger partial charge is 0.276 e. The molecule has 0 spiro atoms. The number of aliphatic hydroxyl groups is 1. The van der Waals surface area contributed by atoms with Gasteiger partial charge in [0.2, 0.25) is 0 Å². The molecule has 0 saturated heterocycles. The number of anilines is 1. The topological polar surface area (TPSA) is 142 Å². The number of allylic oxidation sites excluding steroid dienone is 1. The highest BCUT2D eigenvalue weighted by molar-refractivity contribution is 6.36. The molecule has 198 valence electrons. The fourth-order valence-corrected chi connectivity index (χ4v) is 3.06. The van der Waals surface area contributed by atoms with Crippen LogP contribution in [0.3, 0.4) is 0 Å². The number of amides is 2. The van der Waals surface area contributed by atoms with Crippen LogP contribution in [0.25, 0.3) is 0 Å². The van der Waals surface area contributed by atoms with Gasteiger partial charge < -0.3 is 15.7 Å². The van der Waals surface area contributed by atoms with Crippen molar-refractivity contribution in [2.75, 3.05) is 18.4 Å². The van der Waals surface area contributed by atoms with Crippen LogP contribution in [-0.4, -0.2) is 63.0 Å². The van der Waals surface area contributed by atoms with Crippen molar-refractivity contribution in [3.63, 3.8) is 0 Å². The lowest BCUT2D eigenvalue weighted by Gasteiger charge is -2.18. The number of hydrogen-bond acceptors (Lipinski definition) is 8. The van der Waals surface area contributed by atoms with Gasteiger partial charge >= 0.3 is 0 Å². The summed E-state index contributed by atoms with van der Waals surface area (Å²) in [5.74, 6) is -0.639. The number of nitrogens with one attached hydrogen (secondary N) is 2. The zero-order valence-electron chi connectivity index (χ0n) is 22.3. The van der Waals surface area contributed by atoms with Crippen LogP contribution in [0, 0.1) is 0 Å². The van der Waals surface area contributed by atoms with Crippen LogP contribution >= 0.6 is 0 Å². The van der Waals surface area contributed by atoms with Gasteiger partial charge in [0.15, 0.2) is 11.4 Å². The maximum absolute atomic E-state index is 13.4. The predicted octanol–water partition coefficient (Wildman–Crippen LogP) is 4.05. The molecule has 3 N–H and O–H groups in total. The molecule has 2 amide bonds. The van der Waals surface area contributed by atoms with E-state index in [-0.39, 0.29) is 29.3 Å². The number of rotatable bonds is 12. The Balaban J connectivity index is 2.43. The van der Waals surface area contributed by atoms with E-state index in [1.54, 1.807) is 31.3 Å². The monoisotopic (exact) mass is 507 g/mol. The van der Waals surface area contributed by atoms with Gasteiger partial charge in [-0.1, -0.05) is 47.1 Å². The number of nitrogens with zero attached hydrogens (tertiary/aromatic N) is 5. The summed E-state index contributed by atoms with van der Waals surface area (Å²) >= 11 is 0. The van der Waals surface area contributed by atoms with Crippen LogP contribution in [0.5, 0.6) is 0 Å². The summed E-state index contributed by atoms with van der Waals surface area (Å²) in [5.41, 5.74) is 0.541. The number of carbonyl (C=O) groups excluding carboxylic acids is 2. The van der Waals surface area contributed by atoms with Crippen molar-refractivity contribution in [1.82, 2.24) is 20.3 Å². The van der Waals surface area contributed by atoms with Crippen LogP contribution in [-0.2, 0) is 5.41 Å². The third-order valence-electron chi connectivity index (χ3n) is 5.06. The summed E-state index contributed by atoms with van der Waals surface area (Å²) in [6.07, 6.45) is 8.57. The maximum atomic E-state index is 13.4. The van der Waals surface area contributed by atoms with Crippen molar-refractivity contribution in [1.29, 1.82) is 0 Å². The van der Waals surface area contributed by atoms with E-state index >= 15 is 0 Å². The van der Waals surface area contributed by atoms with E-state index in [1.165, 1.54) is 12.4 Å². The first-order chi connectivity index (χ1) is 17.6. The Morgan fingerprint density at radius 3 is 2.59 bits per heavy atom. The lowest BCUT2D eigenvalue weighted by Crippen LogP contribution is -2.32. The first-order valence-electron chi connectivity index (χ1n) is 12.4. The summed E-state index contributed by atoms with van der Waals surface area (Å²) in [7, 11) is 0. The molecule has 2 aromatic heterocycles. The molecule has 37 heavy (non-hydrogen) atoms. The number of pyridine rings is 1. The van der Waals surface area contributed by atoms with E-state index in [1.807, 2.05) is 20.8 Å². The number of aliphatic imine (C=N–C) groups is 2. The lowest BCUT2D eigenvalue weighted by molar-refractivity contribution is 0.0920. The highest BCUT2D eigenvalue weighted by atomic mass is 16.3. The molecular formula is C27H37N7O3. The largest absolute Gasteiger partial charge is 0.392 e. The summed E-state index contributed by atoms with van der Waals surface area (Å²) < 4.78 is 0. The fraction of sp³-hybridized carbons (Fsp3) is 0.444. The van der Waals surface area contributed by atoms with E-state index in [2.05, 4.69) is 49.1 Å². The Morgan fingerprint density at radius 1 is 1.19 bits per heavy atom. The number of hydrogen-bond donors (Lipinski definition) is 3. The second-order valence-corrected chi connectivity index (χ2v) is 9.57. The van der Waals surface area contributed by atoms with E-state index in [4.69, 9.17) is 0 Å². The molecule has 0 fully saturated rings.